The number of carbonyl (C=O) groups excluding carboxylic acids is 2. The normalized spacial score (nSPS) is 22.3. The minimum absolute atomic E-state index is 0.0290. The van der Waals surface area contributed by atoms with Gasteiger partial charge in [0.25, 0.3) is 0 Å². The average molecular weight is 226 g/mol. The predicted molar refractivity (Wildman–Crippen MR) is 62.9 cm³/mol. The zero-order chi connectivity index (χ0) is 12.1. The highest BCUT2D eigenvalue weighted by Crippen LogP contribution is 2.18. The Hall–Kier alpha value is -1.06. The summed E-state index contributed by atoms with van der Waals surface area (Å²) in [5.41, 5.74) is 0. The van der Waals surface area contributed by atoms with Crippen molar-refractivity contribution >= 4 is 11.8 Å². The standard InChI is InChI=1S/C12H22N2O2/c1-4-6-14-8-10(7-11(14)15)12(16)13-9(3)5-2/h9-10H,4-8H2,1-3H3,(H,13,16). The Kier molecular flexibility index (Phi) is 4.77. The molecule has 0 aromatic heterocycles. The lowest BCUT2D eigenvalue weighted by Gasteiger charge is -2.17. The lowest BCUT2D eigenvalue weighted by molar-refractivity contribution is -0.129. The van der Waals surface area contributed by atoms with E-state index in [-0.39, 0.29) is 23.8 Å². The second-order valence-corrected chi connectivity index (χ2v) is 4.56. The molecule has 1 heterocycles. The Morgan fingerprint density at radius 3 is 2.81 bits per heavy atom. The van der Waals surface area contributed by atoms with Crippen LogP contribution in [0.2, 0.25) is 0 Å². The van der Waals surface area contributed by atoms with Gasteiger partial charge in [0.05, 0.1) is 5.92 Å². The number of carbonyl (C=O) groups is 2. The smallest absolute Gasteiger partial charge is 0.225 e. The fourth-order valence-corrected chi connectivity index (χ4v) is 1.90. The topological polar surface area (TPSA) is 49.4 Å². The van der Waals surface area contributed by atoms with Gasteiger partial charge in [-0.05, 0) is 19.8 Å². The summed E-state index contributed by atoms with van der Waals surface area (Å²) < 4.78 is 0. The van der Waals surface area contributed by atoms with Crippen LogP contribution in [0.1, 0.15) is 40.0 Å². The molecule has 0 spiro atoms. The van der Waals surface area contributed by atoms with Gasteiger partial charge >= 0.3 is 0 Å². The molecule has 1 fully saturated rings. The van der Waals surface area contributed by atoms with Crippen LogP contribution in [0.25, 0.3) is 0 Å². The first-order valence-electron chi connectivity index (χ1n) is 6.16. The maximum absolute atomic E-state index is 11.8. The fraction of sp³-hybridized carbons (Fsp3) is 0.833. The van der Waals surface area contributed by atoms with Crippen molar-refractivity contribution < 1.29 is 9.59 Å². The van der Waals surface area contributed by atoms with E-state index < -0.39 is 0 Å². The van der Waals surface area contributed by atoms with E-state index in [1.165, 1.54) is 0 Å². The summed E-state index contributed by atoms with van der Waals surface area (Å²) in [7, 11) is 0. The third kappa shape index (κ3) is 3.22. The van der Waals surface area contributed by atoms with E-state index in [4.69, 9.17) is 0 Å². The monoisotopic (exact) mass is 226 g/mol. The first kappa shape index (κ1) is 13.0. The lowest BCUT2D eigenvalue weighted by atomic mass is 10.1. The molecule has 2 unspecified atom stereocenters. The zero-order valence-corrected chi connectivity index (χ0v) is 10.5. The number of amides is 2. The Labute approximate surface area is 97.4 Å². The molecule has 1 rings (SSSR count). The van der Waals surface area contributed by atoms with Gasteiger partial charge in [-0.15, -0.1) is 0 Å². The second kappa shape index (κ2) is 5.87. The molecule has 0 aliphatic carbocycles. The lowest BCUT2D eigenvalue weighted by Crippen LogP contribution is -2.38. The average Bonchev–Trinajstić information content (AvgIpc) is 2.61. The van der Waals surface area contributed by atoms with Gasteiger partial charge in [-0.1, -0.05) is 13.8 Å². The maximum atomic E-state index is 11.8. The highest BCUT2D eigenvalue weighted by atomic mass is 16.2. The van der Waals surface area contributed by atoms with Crippen molar-refractivity contribution in [2.45, 2.75) is 46.1 Å². The zero-order valence-electron chi connectivity index (χ0n) is 10.5. The molecule has 4 nitrogen and oxygen atoms in total. The van der Waals surface area contributed by atoms with Gasteiger partial charge in [0.15, 0.2) is 0 Å². The van der Waals surface area contributed by atoms with Crippen molar-refractivity contribution in [3.05, 3.63) is 0 Å². The van der Waals surface area contributed by atoms with Crippen LogP contribution in [0.4, 0.5) is 0 Å². The number of nitrogens with zero attached hydrogens (tertiary/aromatic N) is 1. The summed E-state index contributed by atoms with van der Waals surface area (Å²) in [6.07, 6.45) is 2.25. The first-order valence-corrected chi connectivity index (χ1v) is 6.16. The van der Waals surface area contributed by atoms with Crippen molar-refractivity contribution in [3.63, 3.8) is 0 Å². The molecule has 1 saturated heterocycles. The van der Waals surface area contributed by atoms with E-state index in [2.05, 4.69) is 5.32 Å². The largest absolute Gasteiger partial charge is 0.353 e. The van der Waals surface area contributed by atoms with E-state index in [9.17, 15) is 9.59 Å². The molecule has 92 valence electrons. The van der Waals surface area contributed by atoms with E-state index in [0.29, 0.717) is 13.0 Å². The summed E-state index contributed by atoms with van der Waals surface area (Å²) in [4.78, 5) is 25.2. The molecule has 1 N–H and O–H groups in total. The summed E-state index contributed by atoms with van der Waals surface area (Å²) in [5.74, 6) is 0.000467. The van der Waals surface area contributed by atoms with Gasteiger partial charge in [-0.2, -0.15) is 0 Å². The van der Waals surface area contributed by atoms with Crippen LogP contribution in [-0.2, 0) is 9.59 Å². The van der Waals surface area contributed by atoms with Gasteiger partial charge in [0, 0.05) is 25.6 Å². The summed E-state index contributed by atoms with van der Waals surface area (Å²) in [6.45, 7) is 7.42. The third-order valence-corrected chi connectivity index (χ3v) is 3.08. The van der Waals surface area contributed by atoms with Gasteiger partial charge in [-0.25, -0.2) is 0 Å². The minimum Gasteiger partial charge on any atom is -0.353 e. The number of hydrogen-bond acceptors (Lipinski definition) is 2. The van der Waals surface area contributed by atoms with Crippen molar-refractivity contribution in [2.75, 3.05) is 13.1 Å². The molecule has 0 bridgehead atoms. The minimum atomic E-state index is -0.145. The number of hydrogen-bond donors (Lipinski definition) is 1. The predicted octanol–water partition coefficient (Wildman–Crippen LogP) is 1.16. The Bertz CT molecular complexity index is 266. The summed E-state index contributed by atoms with van der Waals surface area (Å²) in [6, 6.07) is 0.197. The fourth-order valence-electron chi connectivity index (χ4n) is 1.90. The highest BCUT2D eigenvalue weighted by molar-refractivity contribution is 5.89. The molecule has 4 heteroatoms. The van der Waals surface area contributed by atoms with Crippen LogP contribution < -0.4 is 5.32 Å². The van der Waals surface area contributed by atoms with Crippen molar-refractivity contribution in [2.24, 2.45) is 5.92 Å². The Morgan fingerprint density at radius 2 is 2.25 bits per heavy atom. The van der Waals surface area contributed by atoms with Crippen LogP contribution >= 0.6 is 0 Å². The van der Waals surface area contributed by atoms with Gasteiger partial charge in [0.2, 0.25) is 11.8 Å². The second-order valence-electron chi connectivity index (χ2n) is 4.56. The molecule has 16 heavy (non-hydrogen) atoms. The molecular formula is C12H22N2O2. The first-order chi connectivity index (χ1) is 7.58. The molecule has 0 aromatic rings. The van der Waals surface area contributed by atoms with Gasteiger partial charge < -0.3 is 10.2 Å². The number of likely N-dealkylation sites (tertiary alicyclic amines) is 1. The highest BCUT2D eigenvalue weighted by Gasteiger charge is 2.33. The van der Waals surface area contributed by atoms with E-state index in [1.807, 2.05) is 20.8 Å². The van der Waals surface area contributed by atoms with Crippen molar-refractivity contribution in [1.29, 1.82) is 0 Å². The molecular weight excluding hydrogens is 204 g/mol. The molecule has 2 amide bonds. The molecule has 0 radical (unpaired) electrons. The SMILES string of the molecule is CCCN1CC(C(=O)NC(C)CC)CC1=O. The molecule has 1 aliphatic heterocycles. The van der Waals surface area contributed by atoms with Gasteiger partial charge in [-0.3, -0.25) is 9.59 Å². The van der Waals surface area contributed by atoms with Crippen LogP contribution in [0.15, 0.2) is 0 Å². The Morgan fingerprint density at radius 1 is 1.56 bits per heavy atom. The van der Waals surface area contributed by atoms with Crippen LogP contribution in [0.5, 0.6) is 0 Å². The van der Waals surface area contributed by atoms with Crippen molar-refractivity contribution in [3.8, 4) is 0 Å². The molecule has 0 saturated carbocycles. The number of nitrogens with one attached hydrogen (secondary N) is 1. The van der Waals surface area contributed by atoms with Crippen LogP contribution in [-0.4, -0.2) is 35.8 Å². The molecule has 0 aromatic carbocycles. The van der Waals surface area contributed by atoms with Crippen LogP contribution in [0, 0.1) is 5.92 Å². The molecule has 2 atom stereocenters. The van der Waals surface area contributed by atoms with E-state index in [1.54, 1.807) is 4.90 Å². The van der Waals surface area contributed by atoms with Crippen LogP contribution in [0.3, 0.4) is 0 Å². The summed E-state index contributed by atoms with van der Waals surface area (Å²) in [5, 5.41) is 2.94. The quantitative estimate of drug-likeness (QED) is 0.764. The Balaban J connectivity index is 2.45. The van der Waals surface area contributed by atoms with Gasteiger partial charge in [0.1, 0.15) is 0 Å². The van der Waals surface area contributed by atoms with E-state index >= 15 is 0 Å². The number of rotatable bonds is 5. The maximum Gasteiger partial charge on any atom is 0.225 e. The summed E-state index contributed by atoms with van der Waals surface area (Å²) >= 11 is 0. The molecule has 1 aliphatic rings. The van der Waals surface area contributed by atoms with Crippen molar-refractivity contribution in [1.82, 2.24) is 10.2 Å². The van der Waals surface area contributed by atoms with E-state index in [0.717, 1.165) is 19.4 Å². The third-order valence-electron chi connectivity index (χ3n) is 3.08.